The minimum absolute atomic E-state index is 0.00984. The SMILES string of the molecule is CC(C)(C)NC(=O)C(=O)C(CC1CCNC1=O)NC(=O)CNC(=O)c1ccc2c(c1)OCO2. The van der Waals surface area contributed by atoms with Gasteiger partial charge < -0.3 is 30.7 Å². The largest absolute Gasteiger partial charge is 0.454 e. The molecular formula is C22H28N4O7. The zero-order chi connectivity index (χ0) is 24.2. The van der Waals surface area contributed by atoms with Crippen LogP contribution in [0.3, 0.4) is 0 Å². The van der Waals surface area contributed by atoms with Crippen molar-refractivity contribution in [2.75, 3.05) is 19.9 Å². The molecular weight excluding hydrogens is 432 g/mol. The summed E-state index contributed by atoms with van der Waals surface area (Å²) in [7, 11) is 0. The molecule has 1 fully saturated rings. The third kappa shape index (κ3) is 6.43. The van der Waals surface area contributed by atoms with Crippen molar-refractivity contribution in [1.29, 1.82) is 0 Å². The first-order chi connectivity index (χ1) is 15.5. The number of ether oxygens (including phenoxy) is 2. The van der Waals surface area contributed by atoms with Gasteiger partial charge in [-0.3, -0.25) is 24.0 Å². The summed E-state index contributed by atoms with van der Waals surface area (Å²) in [5.41, 5.74) is -0.378. The first-order valence-electron chi connectivity index (χ1n) is 10.6. The standard InChI is InChI=1S/C22H28N4O7/c1-22(2,3)26-21(31)18(28)14(8-13-6-7-23-19(13)29)25-17(27)10-24-20(30)12-4-5-15-16(9-12)33-11-32-15/h4-5,9,13-14H,6-8,10-11H2,1-3H3,(H,23,29)(H,24,30)(H,25,27)(H,26,31). The van der Waals surface area contributed by atoms with E-state index in [4.69, 9.17) is 9.47 Å². The molecule has 2 atom stereocenters. The van der Waals surface area contributed by atoms with E-state index in [2.05, 4.69) is 21.3 Å². The average molecular weight is 460 g/mol. The minimum atomic E-state index is -1.20. The molecule has 0 radical (unpaired) electrons. The highest BCUT2D eigenvalue weighted by Crippen LogP contribution is 2.32. The van der Waals surface area contributed by atoms with Gasteiger partial charge in [0.25, 0.3) is 11.8 Å². The van der Waals surface area contributed by atoms with Gasteiger partial charge in [-0.1, -0.05) is 0 Å². The minimum Gasteiger partial charge on any atom is -0.454 e. The third-order valence-corrected chi connectivity index (χ3v) is 5.09. The molecule has 2 aliphatic heterocycles. The highest BCUT2D eigenvalue weighted by Gasteiger charge is 2.35. The number of rotatable bonds is 8. The molecule has 33 heavy (non-hydrogen) atoms. The number of amides is 4. The summed E-state index contributed by atoms with van der Waals surface area (Å²) in [5, 5.41) is 10.2. The normalized spacial score (nSPS) is 17.7. The van der Waals surface area contributed by atoms with E-state index in [1.165, 1.54) is 12.1 Å². The number of ketones is 1. The Morgan fingerprint density at radius 1 is 1.15 bits per heavy atom. The first-order valence-corrected chi connectivity index (χ1v) is 10.6. The van der Waals surface area contributed by atoms with Crippen LogP contribution in [0.25, 0.3) is 0 Å². The van der Waals surface area contributed by atoms with Crippen LogP contribution in [0.1, 0.15) is 44.0 Å². The molecule has 11 nitrogen and oxygen atoms in total. The van der Waals surface area contributed by atoms with E-state index in [0.29, 0.717) is 24.5 Å². The second-order valence-corrected chi connectivity index (χ2v) is 8.95. The Kier molecular flexibility index (Phi) is 7.19. The van der Waals surface area contributed by atoms with Crippen LogP contribution in [0.4, 0.5) is 0 Å². The molecule has 1 aromatic carbocycles. The fourth-order valence-corrected chi connectivity index (χ4v) is 3.49. The van der Waals surface area contributed by atoms with Gasteiger partial charge in [0.2, 0.25) is 24.4 Å². The maximum absolute atomic E-state index is 12.7. The molecule has 4 amide bonds. The molecule has 178 valence electrons. The van der Waals surface area contributed by atoms with Crippen LogP contribution >= 0.6 is 0 Å². The van der Waals surface area contributed by atoms with Gasteiger partial charge in [-0.05, 0) is 51.8 Å². The van der Waals surface area contributed by atoms with Crippen molar-refractivity contribution in [3.63, 3.8) is 0 Å². The van der Waals surface area contributed by atoms with Crippen molar-refractivity contribution in [2.24, 2.45) is 5.92 Å². The molecule has 3 rings (SSSR count). The van der Waals surface area contributed by atoms with Gasteiger partial charge in [0.05, 0.1) is 12.6 Å². The second kappa shape index (κ2) is 9.88. The van der Waals surface area contributed by atoms with Crippen molar-refractivity contribution in [3.8, 4) is 11.5 Å². The van der Waals surface area contributed by atoms with E-state index >= 15 is 0 Å². The van der Waals surface area contributed by atoms with E-state index in [-0.39, 0.29) is 24.7 Å². The van der Waals surface area contributed by atoms with Gasteiger partial charge in [-0.15, -0.1) is 0 Å². The van der Waals surface area contributed by atoms with Crippen LogP contribution in [0.2, 0.25) is 0 Å². The van der Waals surface area contributed by atoms with Gasteiger partial charge in [-0.25, -0.2) is 0 Å². The molecule has 0 spiro atoms. The summed E-state index contributed by atoms with van der Waals surface area (Å²) in [5.74, 6) is -2.65. The van der Waals surface area contributed by atoms with Crippen LogP contribution in [-0.2, 0) is 19.2 Å². The van der Waals surface area contributed by atoms with Crippen molar-refractivity contribution < 1.29 is 33.4 Å². The van der Waals surface area contributed by atoms with E-state index < -0.39 is 47.5 Å². The zero-order valence-electron chi connectivity index (χ0n) is 18.8. The fraction of sp³-hybridized carbons (Fsp3) is 0.500. The molecule has 0 aromatic heterocycles. The average Bonchev–Trinajstić information content (AvgIpc) is 3.37. The molecule has 0 saturated carbocycles. The number of benzene rings is 1. The lowest BCUT2D eigenvalue weighted by molar-refractivity contribution is -0.141. The smallest absolute Gasteiger partial charge is 0.290 e. The lowest BCUT2D eigenvalue weighted by atomic mass is 9.95. The molecule has 2 aliphatic rings. The Morgan fingerprint density at radius 2 is 1.88 bits per heavy atom. The number of Topliss-reactive ketones (excluding diaryl/α,β-unsaturated/α-hetero) is 1. The lowest BCUT2D eigenvalue weighted by Gasteiger charge is -2.23. The molecule has 1 aromatic rings. The summed E-state index contributed by atoms with van der Waals surface area (Å²) < 4.78 is 10.4. The van der Waals surface area contributed by atoms with Gasteiger partial charge in [0.15, 0.2) is 11.5 Å². The monoisotopic (exact) mass is 460 g/mol. The summed E-state index contributed by atoms with van der Waals surface area (Å²) in [6.07, 6.45) is 0.490. The molecule has 0 aliphatic carbocycles. The Labute approximate surface area is 190 Å². The highest BCUT2D eigenvalue weighted by atomic mass is 16.7. The topological polar surface area (TPSA) is 152 Å². The van der Waals surface area contributed by atoms with Crippen molar-refractivity contribution >= 4 is 29.4 Å². The Bertz CT molecular complexity index is 970. The van der Waals surface area contributed by atoms with Gasteiger partial charge in [0.1, 0.15) is 0 Å². The van der Waals surface area contributed by atoms with Crippen LogP contribution < -0.4 is 30.7 Å². The van der Waals surface area contributed by atoms with Crippen LogP contribution in [0, 0.1) is 5.92 Å². The molecule has 11 heteroatoms. The number of nitrogens with one attached hydrogen (secondary N) is 4. The summed E-state index contributed by atoms with van der Waals surface area (Å²) in [6, 6.07) is 3.42. The van der Waals surface area contributed by atoms with Crippen molar-refractivity contribution in [3.05, 3.63) is 23.8 Å². The predicted octanol–water partition coefficient (Wildman–Crippen LogP) is -0.360. The first kappa shape index (κ1) is 24.0. The van der Waals surface area contributed by atoms with Crippen LogP contribution in [0.15, 0.2) is 18.2 Å². The molecule has 2 unspecified atom stereocenters. The summed E-state index contributed by atoms with van der Waals surface area (Å²) in [4.78, 5) is 62.0. The Balaban J connectivity index is 1.61. The number of fused-ring (bicyclic) bond motifs is 1. The van der Waals surface area contributed by atoms with E-state index in [1.807, 2.05) is 0 Å². The number of hydrogen-bond acceptors (Lipinski definition) is 7. The number of hydrogen-bond donors (Lipinski definition) is 4. The number of carbonyl (C=O) groups is 5. The van der Waals surface area contributed by atoms with Crippen molar-refractivity contribution in [1.82, 2.24) is 21.3 Å². The van der Waals surface area contributed by atoms with Crippen LogP contribution in [-0.4, -0.2) is 60.9 Å². The van der Waals surface area contributed by atoms with E-state index in [0.717, 1.165) is 0 Å². The Hall–Kier alpha value is -3.63. The summed E-state index contributed by atoms with van der Waals surface area (Å²) in [6.45, 7) is 5.29. The van der Waals surface area contributed by atoms with E-state index in [9.17, 15) is 24.0 Å². The van der Waals surface area contributed by atoms with Crippen LogP contribution in [0.5, 0.6) is 11.5 Å². The summed E-state index contributed by atoms with van der Waals surface area (Å²) >= 11 is 0. The molecule has 0 bridgehead atoms. The van der Waals surface area contributed by atoms with Gasteiger partial charge in [0, 0.05) is 23.6 Å². The Morgan fingerprint density at radius 3 is 2.55 bits per heavy atom. The molecule has 4 N–H and O–H groups in total. The van der Waals surface area contributed by atoms with Gasteiger partial charge >= 0.3 is 0 Å². The number of carbonyl (C=O) groups excluding carboxylic acids is 5. The predicted molar refractivity (Wildman–Crippen MR) is 115 cm³/mol. The maximum atomic E-state index is 12.7. The zero-order valence-corrected chi connectivity index (χ0v) is 18.8. The molecule has 2 heterocycles. The highest BCUT2D eigenvalue weighted by molar-refractivity contribution is 6.38. The maximum Gasteiger partial charge on any atom is 0.290 e. The quantitative estimate of drug-likeness (QED) is 0.387. The third-order valence-electron chi connectivity index (χ3n) is 5.09. The molecule has 1 saturated heterocycles. The van der Waals surface area contributed by atoms with Crippen molar-refractivity contribution in [2.45, 2.75) is 45.2 Å². The lowest BCUT2D eigenvalue weighted by Crippen LogP contribution is -2.53. The van der Waals surface area contributed by atoms with Gasteiger partial charge in [-0.2, -0.15) is 0 Å². The fourth-order valence-electron chi connectivity index (χ4n) is 3.49. The second-order valence-electron chi connectivity index (χ2n) is 8.95. The van der Waals surface area contributed by atoms with E-state index in [1.54, 1.807) is 26.8 Å².